The second kappa shape index (κ2) is 3.52. The fourth-order valence-corrected chi connectivity index (χ4v) is 1.65. The molecule has 0 unspecified atom stereocenters. The molecule has 0 aromatic rings. The fraction of sp³-hybridized carbons (Fsp3) is 0.778. The summed E-state index contributed by atoms with van der Waals surface area (Å²) >= 11 is 0. The second-order valence-electron chi connectivity index (χ2n) is 3.09. The maximum Gasteiger partial charge on any atom is 0.146 e. The lowest BCUT2D eigenvalue weighted by atomic mass is 9.83. The monoisotopic (exact) mass is 150 g/mol. The van der Waals surface area contributed by atoms with Gasteiger partial charge in [-0.1, -0.05) is 6.42 Å². The first kappa shape index (κ1) is 8.26. The lowest BCUT2D eigenvalue weighted by molar-refractivity contribution is 0.370. The zero-order valence-electron chi connectivity index (χ0n) is 7.01. The van der Waals surface area contributed by atoms with Gasteiger partial charge in [-0.05, 0) is 38.8 Å². The van der Waals surface area contributed by atoms with Gasteiger partial charge in [0.2, 0.25) is 0 Å². The summed E-state index contributed by atoms with van der Waals surface area (Å²) in [5.41, 5.74) is -0.354. The van der Waals surface area contributed by atoms with Crippen molar-refractivity contribution in [2.75, 3.05) is 0 Å². The van der Waals surface area contributed by atoms with E-state index in [1.165, 1.54) is 6.42 Å². The van der Waals surface area contributed by atoms with E-state index in [2.05, 4.69) is 11.1 Å². The van der Waals surface area contributed by atoms with E-state index in [0.29, 0.717) is 0 Å². The molecule has 0 aliphatic heterocycles. The van der Waals surface area contributed by atoms with E-state index < -0.39 is 0 Å². The van der Waals surface area contributed by atoms with Crippen LogP contribution < -0.4 is 0 Å². The first-order valence-electron chi connectivity index (χ1n) is 4.24. The zero-order valence-corrected chi connectivity index (χ0v) is 7.01. The van der Waals surface area contributed by atoms with E-state index >= 15 is 0 Å². The van der Waals surface area contributed by atoms with Crippen LogP contribution in [-0.4, -0.2) is 11.8 Å². The van der Waals surface area contributed by atoms with Gasteiger partial charge in [-0.2, -0.15) is 5.26 Å². The predicted octanol–water partition coefficient (Wildman–Crippen LogP) is 2.30. The summed E-state index contributed by atoms with van der Waals surface area (Å²) in [6.45, 7) is 1.88. The van der Waals surface area contributed by atoms with Crippen LogP contribution in [0, 0.1) is 11.3 Å². The standard InChI is InChI=1S/C9H14N2/c1-2-11-9(8-10)6-4-3-5-7-9/h2H,3-7H2,1H3. The van der Waals surface area contributed by atoms with Gasteiger partial charge in [-0.25, -0.2) is 0 Å². The summed E-state index contributed by atoms with van der Waals surface area (Å²) in [4.78, 5) is 4.25. The Hall–Kier alpha value is -0.840. The summed E-state index contributed by atoms with van der Waals surface area (Å²) in [6, 6.07) is 2.32. The van der Waals surface area contributed by atoms with E-state index in [1.54, 1.807) is 6.21 Å². The highest BCUT2D eigenvalue weighted by molar-refractivity contribution is 5.55. The Morgan fingerprint density at radius 1 is 1.36 bits per heavy atom. The molecule has 0 N–H and O–H groups in total. The average Bonchev–Trinajstić information content (AvgIpc) is 2.07. The van der Waals surface area contributed by atoms with Crippen LogP contribution in [0.1, 0.15) is 39.0 Å². The molecule has 0 aromatic carbocycles. The van der Waals surface area contributed by atoms with Crippen LogP contribution in [0.15, 0.2) is 4.99 Å². The van der Waals surface area contributed by atoms with Crippen molar-refractivity contribution in [2.24, 2.45) is 4.99 Å². The molecule has 0 heterocycles. The smallest absolute Gasteiger partial charge is 0.146 e. The largest absolute Gasteiger partial charge is 0.276 e. The number of hydrogen-bond acceptors (Lipinski definition) is 2. The number of aliphatic imine (C=N–C) groups is 1. The van der Waals surface area contributed by atoms with Crippen LogP contribution in [-0.2, 0) is 0 Å². The van der Waals surface area contributed by atoms with Crippen molar-refractivity contribution in [3.63, 3.8) is 0 Å². The topological polar surface area (TPSA) is 36.1 Å². The second-order valence-corrected chi connectivity index (χ2v) is 3.09. The van der Waals surface area contributed by atoms with Gasteiger partial charge in [0.15, 0.2) is 0 Å². The number of nitriles is 1. The van der Waals surface area contributed by atoms with Crippen LogP contribution >= 0.6 is 0 Å². The van der Waals surface area contributed by atoms with Crippen LogP contribution in [0.5, 0.6) is 0 Å². The summed E-state index contributed by atoms with van der Waals surface area (Å²) < 4.78 is 0. The average molecular weight is 150 g/mol. The maximum atomic E-state index is 8.91. The molecule has 0 atom stereocenters. The summed E-state index contributed by atoms with van der Waals surface area (Å²) in [5.74, 6) is 0. The van der Waals surface area contributed by atoms with Crippen LogP contribution in [0.4, 0.5) is 0 Å². The minimum absolute atomic E-state index is 0.354. The summed E-state index contributed by atoms with van der Waals surface area (Å²) in [6.07, 6.45) is 7.24. The predicted molar refractivity (Wildman–Crippen MR) is 45.6 cm³/mol. The van der Waals surface area contributed by atoms with Crippen molar-refractivity contribution in [1.82, 2.24) is 0 Å². The van der Waals surface area contributed by atoms with Gasteiger partial charge < -0.3 is 0 Å². The molecular formula is C9H14N2. The highest BCUT2D eigenvalue weighted by Gasteiger charge is 2.30. The molecule has 0 aromatic heterocycles. The lowest BCUT2D eigenvalue weighted by Gasteiger charge is -2.26. The van der Waals surface area contributed by atoms with Gasteiger partial charge in [0.25, 0.3) is 0 Å². The molecule has 1 saturated carbocycles. The van der Waals surface area contributed by atoms with E-state index in [1.807, 2.05) is 6.92 Å². The van der Waals surface area contributed by atoms with Crippen molar-refractivity contribution in [1.29, 1.82) is 5.26 Å². The highest BCUT2D eigenvalue weighted by atomic mass is 14.8. The third-order valence-corrected chi connectivity index (χ3v) is 2.27. The van der Waals surface area contributed by atoms with Gasteiger partial charge >= 0.3 is 0 Å². The maximum absolute atomic E-state index is 8.91. The van der Waals surface area contributed by atoms with Gasteiger partial charge in [0, 0.05) is 0 Å². The molecule has 1 aliphatic rings. The zero-order chi connectivity index (χ0) is 8.16. The molecular weight excluding hydrogens is 136 g/mol. The molecule has 60 valence electrons. The van der Waals surface area contributed by atoms with Crippen molar-refractivity contribution < 1.29 is 0 Å². The Balaban J connectivity index is 2.66. The van der Waals surface area contributed by atoms with Crippen molar-refractivity contribution in [3.8, 4) is 6.07 Å². The molecule has 0 spiro atoms. The molecule has 0 saturated heterocycles. The SMILES string of the molecule is CC=NC1(C#N)CCCCC1. The minimum atomic E-state index is -0.354. The third kappa shape index (κ3) is 1.80. The van der Waals surface area contributed by atoms with Crippen LogP contribution in [0.3, 0.4) is 0 Å². The number of nitrogens with zero attached hydrogens (tertiary/aromatic N) is 2. The molecule has 0 radical (unpaired) electrons. The van der Waals surface area contributed by atoms with Crippen molar-refractivity contribution in [3.05, 3.63) is 0 Å². The van der Waals surface area contributed by atoms with Gasteiger partial charge in [0.1, 0.15) is 5.54 Å². The number of hydrogen-bond donors (Lipinski definition) is 0. The summed E-state index contributed by atoms with van der Waals surface area (Å²) in [5, 5.41) is 8.91. The molecule has 1 fully saturated rings. The molecule has 2 heteroatoms. The lowest BCUT2D eigenvalue weighted by Crippen LogP contribution is -2.27. The molecule has 11 heavy (non-hydrogen) atoms. The fourth-order valence-electron chi connectivity index (χ4n) is 1.65. The Bertz CT molecular complexity index is 182. The van der Waals surface area contributed by atoms with Gasteiger partial charge in [0.05, 0.1) is 6.07 Å². The van der Waals surface area contributed by atoms with E-state index in [-0.39, 0.29) is 5.54 Å². The normalized spacial score (nSPS) is 23.3. The van der Waals surface area contributed by atoms with Crippen LogP contribution in [0.25, 0.3) is 0 Å². The van der Waals surface area contributed by atoms with E-state index in [4.69, 9.17) is 5.26 Å². The molecule has 0 amide bonds. The first-order valence-corrected chi connectivity index (χ1v) is 4.24. The number of rotatable bonds is 1. The molecule has 2 nitrogen and oxygen atoms in total. The van der Waals surface area contributed by atoms with Gasteiger partial charge in [-0.3, -0.25) is 4.99 Å². The Kier molecular flexibility index (Phi) is 2.64. The summed E-state index contributed by atoms with van der Waals surface area (Å²) in [7, 11) is 0. The Morgan fingerprint density at radius 3 is 2.45 bits per heavy atom. The molecule has 0 bridgehead atoms. The third-order valence-electron chi connectivity index (χ3n) is 2.27. The van der Waals surface area contributed by atoms with E-state index in [9.17, 15) is 0 Å². The molecule has 1 rings (SSSR count). The molecule has 1 aliphatic carbocycles. The Morgan fingerprint density at radius 2 is 2.00 bits per heavy atom. The van der Waals surface area contributed by atoms with Gasteiger partial charge in [-0.15, -0.1) is 0 Å². The highest BCUT2D eigenvalue weighted by Crippen LogP contribution is 2.30. The van der Waals surface area contributed by atoms with E-state index in [0.717, 1.165) is 25.7 Å². The quantitative estimate of drug-likeness (QED) is 0.528. The minimum Gasteiger partial charge on any atom is -0.276 e. The first-order chi connectivity index (χ1) is 5.33. The Labute approximate surface area is 67.9 Å². The van der Waals surface area contributed by atoms with Crippen molar-refractivity contribution in [2.45, 2.75) is 44.6 Å². The van der Waals surface area contributed by atoms with Crippen LogP contribution in [0.2, 0.25) is 0 Å². The van der Waals surface area contributed by atoms with Crippen molar-refractivity contribution >= 4 is 6.21 Å².